The molecule has 2 aliphatic rings. The van der Waals surface area contributed by atoms with E-state index >= 15 is 0 Å². The van der Waals surface area contributed by atoms with E-state index in [2.05, 4.69) is 16.8 Å². The molecule has 2 aromatic rings. The number of rotatable bonds is 5. The molecular formula is C18H17N3O2S3. The summed E-state index contributed by atoms with van der Waals surface area (Å²) in [7, 11) is 0. The Labute approximate surface area is 163 Å². The van der Waals surface area contributed by atoms with Crippen LogP contribution in [0.25, 0.3) is 0 Å². The van der Waals surface area contributed by atoms with Gasteiger partial charge >= 0.3 is 0 Å². The topological polar surface area (TPSA) is 63.2 Å². The van der Waals surface area contributed by atoms with Crippen LogP contribution in [0.4, 0.5) is 5.13 Å². The maximum Gasteiger partial charge on any atom is 0.234 e. The maximum absolute atomic E-state index is 13.0. The fourth-order valence-corrected chi connectivity index (χ4v) is 5.81. The van der Waals surface area contributed by atoms with Crippen LogP contribution in [0, 0.1) is 0 Å². The average Bonchev–Trinajstić information content (AvgIpc) is 3.31. The molecule has 0 radical (unpaired) electrons. The molecule has 0 aromatic carbocycles. The number of hydrogen-bond donors (Lipinski definition) is 0. The number of thioether (sulfide) groups is 1. The van der Waals surface area contributed by atoms with E-state index in [1.54, 1.807) is 28.0 Å². The Bertz CT molecular complexity index is 885. The van der Waals surface area contributed by atoms with Gasteiger partial charge in [-0.15, -0.1) is 16.8 Å². The predicted octanol–water partition coefficient (Wildman–Crippen LogP) is 4.41. The van der Waals surface area contributed by atoms with Crippen molar-refractivity contribution in [1.82, 2.24) is 10.2 Å². The van der Waals surface area contributed by atoms with Crippen molar-refractivity contribution in [2.24, 2.45) is 0 Å². The van der Waals surface area contributed by atoms with Gasteiger partial charge in [0.1, 0.15) is 0 Å². The largest absolute Gasteiger partial charge is 0.294 e. The lowest BCUT2D eigenvalue weighted by molar-refractivity contribution is -0.119. The summed E-state index contributed by atoms with van der Waals surface area (Å²) in [5.41, 5.74) is 2.68. The molecule has 0 saturated carbocycles. The van der Waals surface area contributed by atoms with Gasteiger partial charge in [-0.3, -0.25) is 14.5 Å². The lowest BCUT2D eigenvalue weighted by Gasteiger charge is -2.36. The third-order valence-electron chi connectivity index (χ3n) is 4.53. The molecule has 1 aliphatic heterocycles. The van der Waals surface area contributed by atoms with Gasteiger partial charge in [-0.25, -0.2) is 0 Å². The molecule has 26 heavy (non-hydrogen) atoms. The SMILES string of the molecule is C=CCSc1nnc(N2C(=O)C[C@H](c3ccsc3)C3=C2CCCC3=O)s1. The molecule has 1 atom stereocenters. The quantitative estimate of drug-likeness (QED) is 0.420. The molecule has 134 valence electrons. The van der Waals surface area contributed by atoms with Gasteiger partial charge in [0.2, 0.25) is 11.0 Å². The highest BCUT2D eigenvalue weighted by Gasteiger charge is 2.40. The number of carbonyl (C=O) groups excluding carboxylic acids is 2. The smallest absolute Gasteiger partial charge is 0.234 e. The van der Waals surface area contributed by atoms with Crippen LogP contribution in [-0.4, -0.2) is 27.6 Å². The number of aromatic nitrogens is 2. The van der Waals surface area contributed by atoms with Crippen LogP contribution in [-0.2, 0) is 9.59 Å². The van der Waals surface area contributed by atoms with Gasteiger partial charge in [0, 0.05) is 35.8 Å². The fraction of sp³-hybridized carbons (Fsp3) is 0.333. The Morgan fingerprint density at radius 3 is 3.00 bits per heavy atom. The van der Waals surface area contributed by atoms with Gasteiger partial charge in [0.15, 0.2) is 10.1 Å². The van der Waals surface area contributed by atoms with E-state index < -0.39 is 0 Å². The summed E-state index contributed by atoms with van der Waals surface area (Å²) < 4.78 is 0.803. The monoisotopic (exact) mass is 403 g/mol. The average molecular weight is 404 g/mol. The van der Waals surface area contributed by atoms with Gasteiger partial charge in [-0.05, 0) is 35.2 Å². The van der Waals surface area contributed by atoms with E-state index in [9.17, 15) is 9.59 Å². The van der Waals surface area contributed by atoms with E-state index in [1.165, 1.54) is 11.3 Å². The second-order valence-corrected chi connectivity index (χ2v) is 9.13. The lowest BCUT2D eigenvalue weighted by atomic mass is 9.78. The Morgan fingerprint density at radius 2 is 2.23 bits per heavy atom. The molecule has 0 spiro atoms. The summed E-state index contributed by atoms with van der Waals surface area (Å²) in [6.07, 6.45) is 4.16. The molecule has 1 amide bonds. The first kappa shape index (κ1) is 17.6. The number of ketones is 1. The molecule has 1 aliphatic carbocycles. The van der Waals surface area contributed by atoms with Crippen LogP contribution in [0.1, 0.15) is 37.2 Å². The summed E-state index contributed by atoms with van der Waals surface area (Å²) in [6, 6.07) is 2.01. The number of nitrogens with zero attached hydrogens (tertiary/aromatic N) is 3. The predicted molar refractivity (Wildman–Crippen MR) is 106 cm³/mol. The van der Waals surface area contributed by atoms with Crippen molar-refractivity contribution in [2.75, 3.05) is 10.7 Å². The Morgan fingerprint density at radius 1 is 1.35 bits per heavy atom. The first-order valence-corrected chi connectivity index (χ1v) is 11.1. The minimum Gasteiger partial charge on any atom is -0.294 e. The van der Waals surface area contributed by atoms with Crippen LogP contribution in [0.3, 0.4) is 0 Å². The maximum atomic E-state index is 13.0. The standard InChI is InChI=1S/C18H17N3O2S3/c1-2-7-25-18-20-19-17(26-18)21-13-4-3-5-14(22)16(13)12(9-15(21)23)11-6-8-24-10-11/h2,6,8,10,12H,1,3-5,7,9H2/t12-/m1/s1. The first-order valence-electron chi connectivity index (χ1n) is 8.37. The molecule has 5 nitrogen and oxygen atoms in total. The van der Waals surface area contributed by atoms with Crippen LogP contribution in [0.5, 0.6) is 0 Å². The zero-order valence-electron chi connectivity index (χ0n) is 14.0. The number of Topliss-reactive ketones (excluding diaryl/α,β-unsaturated/α-hetero) is 1. The van der Waals surface area contributed by atoms with Gasteiger partial charge in [-0.2, -0.15) is 11.3 Å². The number of thiophene rings is 1. The summed E-state index contributed by atoms with van der Waals surface area (Å²) in [5, 5.41) is 13.0. The number of allylic oxidation sites excluding steroid dienone is 2. The third-order valence-corrected chi connectivity index (χ3v) is 7.27. The number of carbonyl (C=O) groups is 2. The van der Waals surface area contributed by atoms with Crippen molar-refractivity contribution in [3.63, 3.8) is 0 Å². The minimum atomic E-state index is -0.129. The van der Waals surface area contributed by atoms with E-state index in [1.807, 2.05) is 22.9 Å². The van der Waals surface area contributed by atoms with Crippen LogP contribution in [0.15, 0.2) is 45.1 Å². The second-order valence-electron chi connectivity index (χ2n) is 6.13. The van der Waals surface area contributed by atoms with Crippen LogP contribution < -0.4 is 4.90 Å². The molecule has 3 heterocycles. The summed E-state index contributed by atoms with van der Waals surface area (Å²) >= 11 is 4.53. The van der Waals surface area contributed by atoms with Gasteiger partial charge in [-0.1, -0.05) is 29.2 Å². The van der Waals surface area contributed by atoms with Crippen LogP contribution >= 0.6 is 34.4 Å². The second kappa shape index (κ2) is 7.46. The third kappa shape index (κ3) is 3.17. The highest BCUT2D eigenvalue weighted by atomic mass is 32.2. The molecule has 0 saturated heterocycles. The summed E-state index contributed by atoms with van der Waals surface area (Å²) in [5.74, 6) is 0.766. The van der Waals surface area contributed by atoms with Crippen molar-refractivity contribution < 1.29 is 9.59 Å². The molecule has 0 unspecified atom stereocenters. The first-order chi connectivity index (χ1) is 12.7. The number of hydrogen-bond acceptors (Lipinski definition) is 7. The van der Waals surface area contributed by atoms with Crippen molar-refractivity contribution in [1.29, 1.82) is 0 Å². The zero-order chi connectivity index (χ0) is 18.1. The molecular weight excluding hydrogens is 386 g/mol. The van der Waals surface area contributed by atoms with E-state index in [0.29, 0.717) is 18.0 Å². The number of anilines is 1. The Kier molecular flexibility index (Phi) is 5.06. The molecule has 4 rings (SSSR count). The van der Waals surface area contributed by atoms with E-state index in [-0.39, 0.29) is 17.6 Å². The van der Waals surface area contributed by atoms with Crippen molar-refractivity contribution in [3.05, 3.63) is 46.3 Å². The van der Waals surface area contributed by atoms with Crippen molar-refractivity contribution in [2.45, 2.75) is 35.9 Å². The zero-order valence-corrected chi connectivity index (χ0v) is 16.5. The van der Waals surface area contributed by atoms with Crippen molar-refractivity contribution >= 4 is 51.3 Å². The lowest BCUT2D eigenvalue weighted by Crippen LogP contribution is -2.40. The Hall–Kier alpha value is -1.77. The molecule has 0 N–H and O–H groups in total. The molecule has 2 aromatic heterocycles. The molecule has 0 fully saturated rings. The van der Waals surface area contributed by atoms with E-state index in [0.717, 1.165) is 39.8 Å². The summed E-state index contributed by atoms with van der Waals surface area (Å²) in [6.45, 7) is 3.71. The van der Waals surface area contributed by atoms with Gasteiger partial charge < -0.3 is 0 Å². The minimum absolute atomic E-state index is 0.00827. The highest BCUT2D eigenvalue weighted by Crippen LogP contribution is 2.44. The van der Waals surface area contributed by atoms with E-state index in [4.69, 9.17) is 0 Å². The summed E-state index contributed by atoms with van der Waals surface area (Å²) in [4.78, 5) is 27.4. The van der Waals surface area contributed by atoms with Gasteiger partial charge in [0.05, 0.1) is 0 Å². The Balaban J connectivity index is 1.75. The van der Waals surface area contributed by atoms with Crippen molar-refractivity contribution in [3.8, 4) is 0 Å². The highest BCUT2D eigenvalue weighted by molar-refractivity contribution is 8.01. The fourth-order valence-electron chi connectivity index (χ4n) is 3.45. The molecule has 0 bridgehead atoms. The molecule has 8 heteroatoms. The van der Waals surface area contributed by atoms with Crippen LogP contribution in [0.2, 0.25) is 0 Å². The number of amides is 1. The van der Waals surface area contributed by atoms with Gasteiger partial charge in [0.25, 0.3) is 0 Å². The normalized spacial score (nSPS) is 20.5.